The van der Waals surface area contributed by atoms with Crippen LogP contribution in [-0.2, 0) is 4.79 Å². The molecule has 0 aromatic heterocycles. The van der Waals surface area contributed by atoms with Gasteiger partial charge in [0.15, 0.2) is 0 Å². The van der Waals surface area contributed by atoms with Gasteiger partial charge in [-0.1, -0.05) is 0 Å². The monoisotopic (exact) mass is 139 g/mol. The van der Waals surface area contributed by atoms with Gasteiger partial charge in [-0.15, -0.1) is 12.4 Å². The van der Waals surface area contributed by atoms with Crippen LogP contribution in [0.15, 0.2) is 0 Å². The van der Waals surface area contributed by atoms with Gasteiger partial charge in [-0.3, -0.25) is 4.79 Å². The third-order valence-electron chi connectivity index (χ3n) is 0.549. The van der Waals surface area contributed by atoms with Crippen molar-refractivity contribution in [2.24, 2.45) is 11.5 Å². The Morgan fingerprint density at radius 2 is 2.00 bits per heavy atom. The van der Waals surface area contributed by atoms with E-state index in [1.807, 2.05) is 0 Å². The molecule has 8 heavy (non-hydrogen) atoms. The molecule has 0 aromatic rings. The lowest BCUT2D eigenvalue weighted by molar-refractivity contribution is -0.121. The van der Waals surface area contributed by atoms with Gasteiger partial charge >= 0.3 is 0 Å². The molecule has 0 bridgehead atoms. The van der Waals surface area contributed by atoms with Crippen LogP contribution >= 0.6 is 12.4 Å². The first-order valence-electron chi connectivity index (χ1n) is 1.91. The highest BCUT2D eigenvalue weighted by Gasteiger charge is 2.01. The van der Waals surface area contributed by atoms with Gasteiger partial charge < -0.3 is 16.8 Å². The molecule has 0 saturated heterocycles. The zero-order chi connectivity index (χ0) is 5.86. The van der Waals surface area contributed by atoms with E-state index in [1.54, 1.807) is 0 Å². The molecule has 5 heteroatoms. The van der Waals surface area contributed by atoms with Crippen molar-refractivity contribution in [2.45, 2.75) is 6.17 Å². The molecule has 0 heterocycles. The van der Waals surface area contributed by atoms with Gasteiger partial charge in [0.25, 0.3) is 5.91 Å². The molecule has 0 aliphatic carbocycles. The molecule has 5 N–H and O–H groups in total. The number of hydrogen-bond acceptors (Lipinski definition) is 3. The summed E-state index contributed by atoms with van der Waals surface area (Å²) < 4.78 is 0. The second kappa shape index (κ2) is 4.83. The van der Waals surface area contributed by atoms with Crippen molar-refractivity contribution in [1.29, 1.82) is 0 Å². The number of amides is 1. The number of likely N-dealkylation sites (N-methyl/N-ethyl adjacent to an activating group) is 1. The van der Waals surface area contributed by atoms with Gasteiger partial charge in [-0.25, -0.2) is 0 Å². The lowest BCUT2D eigenvalue weighted by atomic mass is 10.5. The Morgan fingerprint density at radius 3 is 2.00 bits per heavy atom. The second-order valence-corrected chi connectivity index (χ2v) is 1.14. The average molecular weight is 140 g/mol. The molecule has 1 amide bonds. The molecular weight excluding hydrogens is 130 g/mol. The van der Waals surface area contributed by atoms with Gasteiger partial charge in [0.05, 0.1) is 0 Å². The Bertz CT molecular complexity index is 74.9. The lowest BCUT2D eigenvalue weighted by Crippen LogP contribution is -2.45. The van der Waals surface area contributed by atoms with E-state index >= 15 is 0 Å². The molecule has 0 rings (SSSR count). The summed E-state index contributed by atoms with van der Waals surface area (Å²) in [6, 6.07) is 0. The van der Waals surface area contributed by atoms with E-state index in [0.717, 1.165) is 0 Å². The summed E-state index contributed by atoms with van der Waals surface area (Å²) >= 11 is 0. The SMILES string of the molecule is CNC(=O)C(N)N.Cl. The predicted molar refractivity (Wildman–Crippen MR) is 33.5 cm³/mol. The fourth-order valence-corrected chi connectivity index (χ4v) is 0.167. The number of nitrogens with one attached hydrogen (secondary N) is 1. The maximum absolute atomic E-state index is 10.2. The van der Waals surface area contributed by atoms with Crippen LogP contribution in [0.1, 0.15) is 0 Å². The third kappa shape index (κ3) is 3.86. The smallest absolute Gasteiger partial charge is 0.251 e. The summed E-state index contributed by atoms with van der Waals surface area (Å²) in [6.45, 7) is 0. The number of carbonyl (C=O) groups is 1. The van der Waals surface area contributed by atoms with Crippen LogP contribution in [0.25, 0.3) is 0 Å². The minimum absolute atomic E-state index is 0. The molecule has 0 fully saturated rings. The van der Waals surface area contributed by atoms with E-state index in [4.69, 9.17) is 11.5 Å². The summed E-state index contributed by atoms with van der Waals surface area (Å²) in [5, 5.41) is 2.28. The minimum Gasteiger partial charge on any atom is -0.357 e. The van der Waals surface area contributed by atoms with Crippen LogP contribution in [0.4, 0.5) is 0 Å². The number of halogens is 1. The zero-order valence-corrected chi connectivity index (χ0v) is 5.37. The molecule has 0 aliphatic rings. The van der Waals surface area contributed by atoms with E-state index in [1.165, 1.54) is 7.05 Å². The topological polar surface area (TPSA) is 81.1 Å². The van der Waals surface area contributed by atoms with Gasteiger partial charge in [0.2, 0.25) is 0 Å². The molecule has 50 valence electrons. The highest BCUT2D eigenvalue weighted by molar-refractivity contribution is 5.85. The second-order valence-electron chi connectivity index (χ2n) is 1.14. The molecule has 0 aromatic carbocycles. The lowest BCUT2D eigenvalue weighted by Gasteiger charge is -1.99. The van der Waals surface area contributed by atoms with Gasteiger partial charge in [0, 0.05) is 7.05 Å². The van der Waals surface area contributed by atoms with Crippen LogP contribution in [0, 0.1) is 0 Å². The van der Waals surface area contributed by atoms with Crippen LogP contribution in [0.2, 0.25) is 0 Å². The van der Waals surface area contributed by atoms with Crippen molar-refractivity contribution in [1.82, 2.24) is 5.32 Å². The fraction of sp³-hybridized carbons (Fsp3) is 0.667. The van der Waals surface area contributed by atoms with E-state index < -0.39 is 6.17 Å². The summed E-state index contributed by atoms with van der Waals surface area (Å²) in [5.41, 5.74) is 9.82. The maximum Gasteiger partial charge on any atom is 0.251 e. The summed E-state index contributed by atoms with van der Waals surface area (Å²) in [7, 11) is 1.48. The Labute approximate surface area is 54.0 Å². The molecule has 0 unspecified atom stereocenters. The Hall–Kier alpha value is -0.320. The normalized spacial score (nSPS) is 8.00. The molecule has 0 aliphatic heterocycles. The van der Waals surface area contributed by atoms with Crippen molar-refractivity contribution < 1.29 is 4.79 Å². The first-order valence-corrected chi connectivity index (χ1v) is 1.91. The first-order chi connectivity index (χ1) is 3.18. The Balaban J connectivity index is 0. The molecule has 0 radical (unpaired) electrons. The van der Waals surface area contributed by atoms with Crippen molar-refractivity contribution in [2.75, 3.05) is 7.05 Å². The van der Waals surface area contributed by atoms with Gasteiger partial charge in [0.1, 0.15) is 6.17 Å². The van der Waals surface area contributed by atoms with Crippen molar-refractivity contribution >= 4 is 18.3 Å². The van der Waals surface area contributed by atoms with Crippen LogP contribution in [0.3, 0.4) is 0 Å². The van der Waals surface area contributed by atoms with E-state index in [0.29, 0.717) is 0 Å². The molecule has 4 nitrogen and oxygen atoms in total. The molecule has 0 spiro atoms. The fourth-order valence-electron chi connectivity index (χ4n) is 0.167. The first kappa shape index (κ1) is 10.6. The van der Waals surface area contributed by atoms with Crippen LogP contribution in [0.5, 0.6) is 0 Å². The van der Waals surface area contributed by atoms with E-state index in [-0.39, 0.29) is 18.3 Å². The number of hydrogen-bond donors (Lipinski definition) is 3. The Kier molecular flexibility index (Phi) is 6.41. The minimum atomic E-state index is -0.884. The average Bonchev–Trinajstić information content (AvgIpc) is 1.65. The highest BCUT2D eigenvalue weighted by atomic mass is 35.5. The Morgan fingerprint density at radius 1 is 1.62 bits per heavy atom. The zero-order valence-electron chi connectivity index (χ0n) is 4.55. The predicted octanol–water partition coefficient (Wildman–Crippen LogP) is -1.60. The largest absolute Gasteiger partial charge is 0.357 e. The summed E-state index contributed by atoms with van der Waals surface area (Å²) in [5.74, 6) is -0.347. The molecule has 0 atom stereocenters. The van der Waals surface area contributed by atoms with Crippen LogP contribution < -0.4 is 16.8 Å². The number of rotatable bonds is 1. The molecular formula is C3H10ClN3O. The highest BCUT2D eigenvalue weighted by Crippen LogP contribution is 1.58. The maximum atomic E-state index is 10.2. The van der Waals surface area contributed by atoms with Gasteiger partial charge in [-0.05, 0) is 0 Å². The third-order valence-corrected chi connectivity index (χ3v) is 0.549. The van der Waals surface area contributed by atoms with Crippen molar-refractivity contribution in [3.8, 4) is 0 Å². The van der Waals surface area contributed by atoms with Crippen LogP contribution in [-0.4, -0.2) is 19.1 Å². The molecule has 0 saturated carbocycles. The number of nitrogens with two attached hydrogens (primary N) is 2. The number of carbonyl (C=O) groups excluding carboxylic acids is 1. The van der Waals surface area contributed by atoms with E-state index in [2.05, 4.69) is 5.32 Å². The summed E-state index contributed by atoms with van der Waals surface area (Å²) in [6.07, 6.45) is -0.884. The van der Waals surface area contributed by atoms with Crippen molar-refractivity contribution in [3.63, 3.8) is 0 Å². The van der Waals surface area contributed by atoms with Gasteiger partial charge in [-0.2, -0.15) is 0 Å². The van der Waals surface area contributed by atoms with Crippen molar-refractivity contribution in [3.05, 3.63) is 0 Å². The quantitative estimate of drug-likeness (QED) is 0.383. The van der Waals surface area contributed by atoms with E-state index in [9.17, 15) is 4.79 Å². The standard InChI is InChI=1S/C3H9N3O.ClH/c1-6-3(7)2(4)5;/h2H,4-5H2,1H3,(H,6,7);1H. The summed E-state index contributed by atoms with van der Waals surface area (Å²) in [4.78, 5) is 10.2.